The van der Waals surface area contributed by atoms with E-state index in [1.54, 1.807) is 24.5 Å². The first-order valence-corrected chi connectivity index (χ1v) is 12.3. The molecule has 2 N–H and O–H groups in total. The Morgan fingerprint density at radius 2 is 1.88 bits per heavy atom. The summed E-state index contributed by atoms with van der Waals surface area (Å²) in [5, 5.41) is 21.2. The first kappa shape index (κ1) is 20.9. The van der Waals surface area contributed by atoms with E-state index in [2.05, 4.69) is 41.7 Å². The van der Waals surface area contributed by atoms with Crippen LogP contribution >= 0.6 is 11.3 Å². The van der Waals surface area contributed by atoms with Crippen LogP contribution in [0.1, 0.15) is 58.0 Å². The predicted molar refractivity (Wildman–Crippen MR) is 131 cm³/mol. The highest BCUT2D eigenvalue weighted by Crippen LogP contribution is 2.49. The first-order valence-electron chi connectivity index (χ1n) is 11.4. The van der Waals surface area contributed by atoms with Gasteiger partial charge in [0.25, 0.3) is 0 Å². The summed E-state index contributed by atoms with van der Waals surface area (Å²) in [6, 6.07) is 18.2. The van der Waals surface area contributed by atoms with Gasteiger partial charge in [-0.3, -0.25) is 15.1 Å². The van der Waals surface area contributed by atoms with E-state index in [9.17, 15) is 10.1 Å². The minimum Gasteiger partial charge on any atom is -0.487 e. The minimum atomic E-state index is -0.795. The molecule has 1 saturated heterocycles. The summed E-state index contributed by atoms with van der Waals surface area (Å²) in [5.74, 6) is 0.923. The number of amides is 1. The fourth-order valence-corrected chi connectivity index (χ4v) is 6.33. The van der Waals surface area contributed by atoms with Gasteiger partial charge in [-0.05, 0) is 61.1 Å². The van der Waals surface area contributed by atoms with Crippen molar-refractivity contribution in [2.75, 3.05) is 7.05 Å². The molecule has 3 aliphatic rings. The van der Waals surface area contributed by atoms with Gasteiger partial charge in [-0.2, -0.15) is 5.26 Å². The van der Waals surface area contributed by atoms with Gasteiger partial charge in [0.05, 0.1) is 28.0 Å². The van der Waals surface area contributed by atoms with Crippen LogP contribution in [0.25, 0.3) is 11.1 Å². The molecular formula is C27H24N4O2S. The van der Waals surface area contributed by atoms with E-state index in [-0.39, 0.29) is 11.9 Å². The van der Waals surface area contributed by atoms with Gasteiger partial charge in [-0.25, -0.2) is 0 Å². The summed E-state index contributed by atoms with van der Waals surface area (Å²) in [6.45, 7) is 2.46. The number of guanidine groups is 1. The van der Waals surface area contributed by atoms with Gasteiger partial charge >= 0.3 is 0 Å². The third-order valence-electron chi connectivity index (χ3n) is 7.27. The molecular weight excluding hydrogens is 444 g/mol. The van der Waals surface area contributed by atoms with Crippen LogP contribution in [-0.4, -0.2) is 23.8 Å². The van der Waals surface area contributed by atoms with E-state index in [0.29, 0.717) is 18.1 Å². The fourth-order valence-electron chi connectivity index (χ4n) is 5.11. The smallest absolute Gasteiger partial charge is 0.239 e. The maximum Gasteiger partial charge on any atom is 0.239 e. The molecule has 2 atom stereocenters. The lowest BCUT2D eigenvalue weighted by molar-refractivity contribution is -0.131. The SMILES string of the molecule is CN1C(=N)N[C@](C)(c2cc3c(s2)COc2ccc(C#N)cc2-3)[C@H](c2ccc(C3CC3)cc2)C1=O. The largest absolute Gasteiger partial charge is 0.487 e. The van der Waals surface area contributed by atoms with Crippen LogP contribution in [0.5, 0.6) is 5.75 Å². The molecule has 1 amide bonds. The highest BCUT2D eigenvalue weighted by atomic mass is 32.1. The Balaban J connectivity index is 1.46. The minimum absolute atomic E-state index is 0.0909. The Kier molecular flexibility index (Phi) is 4.58. The molecule has 0 unspecified atom stereocenters. The number of carbonyl (C=O) groups excluding carboxylic acids is 1. The zero-order valence-corrected chi connectivity index (χ0v) is 19.8. The van der Waals surface area contributed by atoms with Crippen LogP contribution in [0.2, 0.25) is 0 Å². The van der Waals surface area contributed by atoms with Crippen LogP contribution < -0.4 is 10.1 Å². The van der Waals surface area contributed by atoms with E-state index < -0.39 is 11.5 Å². The summed E-state index contributed by atoms with van der Waals surface area (Å²) >= 11 is 1.60. The van der Waals surface area contributed by atoms with Crippen LogP contribution in [0.15, 0.2) is 48.5 Å². The molecule has 3 aromatic rings. The van der Waals surface area contributed by atoms with Crippen molar-refractivity contribution in [2.45, 2.75) is 43.7 Å². The average molecular weight is 469 g/mol. The van der Waals surface area contributed by atoms with Crippen LogP contribution in [0, 0.1) is 16.7 Å². The molecule has 6 rings (SSSR count). The third kappa shape index (κ3) is 3.13. The summed E-state index contributed by atoms with van der Waals surface area (Å²) in [7, 11) is 1.65. The monoisotopic (exact) mass is 468 g/mol. The molecule has 34 heavy (non-hydrogen) atoms. The van der Waals surface area contributed by atoms with Crippen molar-refractivity contribution >= 4 is 23.2 Å². The Labute approximate surface area is 202 Å². The van der Waals surface area contributed by atoms with E-state index in [1.165, 1.54) is 23.3 Å². The number of carbonyl (C=O) groups is 1. The number of likely N-dealkylation sites (N-methyl/N-ethyl adjacent to an activating group) is 1. The van der Waals surface area contributed by atoms with E-state index in [0.717, 1.165) is 32.2 Å². The summed E-state index contributed by atoms with van der Waals surface area (Å²) in [4.78, 5) is 17.0. The van der Waals surface area contributed by atoms with Crippen molar-refractivity contribution in [1.82, 2.24) is 10.2 Å². The lowest BCUT2D eigenvalue weighted by atomic mass is 9.76. The summed E-state index contributed by atoms with van der Waals surface area (Å²) in [6.07, 6.45) is 2.47. The molecule has 2 fully saturated rings. The lowest BCUT2D eigenvalue weighted by Crippen LogP contribution is -2.62. The summed E-state index contributed by atoms with van der Waals surface area (Å²) < 4.78 is 5.96. The molecule has 1 aromatic heterocycles. The molecule has 6 nitrogen and oxygen atoms in total. The standard InChI is InChI=1S/C27H24N4O2S/c1-27(23-12-20-19-11-15(13-28)3-10-21(19)33-14-22(20)34-23)24(25(32)31(2)26(29)30-27)18-8-6-17(7-9-18)16-4-5-16/h3,6-12,16,24H,4-5,14H2,1-2H3,(H2,29,30)/t24-,27-/m1/s1. The second kappa shape index (κ2) is 7.44. The normalized spacial score (nSPS) is 23.4. The van der Waals surface area contributed by atoms with Gasteiger partial charge in [0.1, 0.15) is 12.4 Å². The number of nitrogens with one attached hydrogen (secondary N) is 2. The molecule has 2 aliphatic heterocycles. The molecule has 2 aromatic carbocycles. The van der Waals surface area contributed by atoms with Crippen molar-refractivity contribution in [3.8, 4) is 22.9 Å². The molecule has 0 bridgehead atoms. The Bertz CT molecular complexity index is 1380. The molecule has 3 heterocycles. The van der Waals surface area contributed by atoms with Crippen molar-refractivity contribution in [3.63, 3.8) is 0 Å². The zero-order chi connectivity index (χ0) is 23.6. The summed E-state index contributed by atoms with van der Waals surface area (Å²) in [5.41, 5.74) is 3.98. The van der Waals surface area contributed by atoms with Crippen molar-refractivity contribution in [2.24, 2.45) is 0 Å². The molecule has 0 spiro atoms. The third-order valence-corrected chi connectivity index (χ3v) is 8.61. The number of ether oxygens (including phenoxy) is 1. The number of hydrogen-bond acceptors (Lipinski definition) is 5. The average Bonchev–Trinajstić information content (AvgIpc) is 3.60. The van der Waals surface area contributed by atoms with Gasteiger partial charge in [0, 0.05) is 23.1 Å². The number of nitriles is 1. The van der Waals surface area contributed by atoms with Gasteiger partial charge in [-0.1, -0.05) is 24.3 Å². The molecule has 1 saturated carbocycles. The van der Waals surface area contributed by atoms with Crippen molar-refractivity contribution in [1.29, 1.82) is 10.7 Å². The number of hydrogen-bond donors (Lipinski definition) is 2. The number of benzene rings is 2. The van der Waals surface area contributed by atoms with Crippen LogP contribution in [0.3, 0.4) is 0 Å². The Hall–Kier alpha value is -3.63. The molecule has 170 valence electrons. The van der Waals surface area contributed by atoms with Crippen LogP contribution in [0.4, 0.5) is 0 Å². The molecule has 1 aliphatic carbocycles. The van der Waals surface area contributed by atoms with Crippen LogP contribution in [-0.2, 0) is 16.9 Å². The maximum absolute atomic E-state index is 13.6. The van der Waals surface area contributed by atoms with Crippen molar-refractivity contribution in [3.05, 3.63) is 75.0 Å². The van der Waals surface area contributed by atoms with Gasteiger partial charge < -0.3 is 10.1 Å². The first-order chi connectivity index (χ1) is 16.4. The van der Waals surface area contributed by atoms with Gasteiger partial charge in [0.2, 0.25) is 5.91 Å². The quantitative estimate of drug-likeness (QED) is 0.563. The number of nitrogens with zero attached hydrogens (tertiary/aromatic N) is 2. The fraction of sp³-hybridized carbons (Fsp3) is 0.296. The van der Waals surface area contributed by atoms with Gasteiger partial charge in [-0.15, -0.1) is 11.3 Å². The highest BCUT2D eigenvalue weighted by molar-refractivity contribution is 7.12. The predicted octanol–water partition coefficient (Wildman–Crippen LogP) is 5.05. The molecule has 7 heteroatoms. The topological polar surface area (TPSA) is 89.2 Å². The Morgan fingerprint density at radius 1 is 1.15 bits per heavy atom. The Morgan fingerprint density at radius 3 is 2.59 bits per heavy atom. The van der Waals surface area contributed by atoms with E-state index in [1.807, 2.05) is 19.1 Å². The maximum atomic E-state index is 13.6. The highest BCUT2D eigenvalue weighted by Gasteiger charge is 2.49. The van der Waals surface area contributed by atoms with E-state index >= 15 is 0 Å². The van der Waals surface area contributed by atoms with Gasteiger partial charge in [0.15, 0.2) is 5.96 Å². The second-order valence-corrected chi connectivity index (χ2v) is 10.6. The second-order valence-electron chi connectivity index (χ2n) is 9.51. The zero-order valence-electron chi connectivity index (χ0n) is 19.0. The van der Waals surface area contributed by atoms with Crippen molar-refractivity contribution < 1.29 is 9.53 Å². The number of fused-ring (bicyclic) bond motifs is 3. The number of rotatable bonds is 3. The molecule has 0 radical (unpaired) electrons. The lowest BCUT2D eigenvalue weighted by Gasteiger charge is -2.45. The van der Waals surface area contributed by atoms with E-state index in [4.69, 9.17) is 10.1 Å². The number of thiophene rings is 1.